The number of hydrogen-bond donors (Lipinski definition) is 2. The summed E-state index contributed by atoms with van der Waals surface area (Å²) in [5.41, 5.74) is 0.252. The van der Waals surface area contributed by atoms with Crippen molar-refractivity contribution in [1.82, 2.24) is 19.7 Å². The van der Waals surface area contributed by atoms with Crippen LogP contribution in [0.3, 0.4) is 0 Å². The number of ether oxygens (including phenoxy) is 1. The summed E-state index contributed by atoms with van der Waals surface area (Å²) in [5.74, 6) is -0.870. The molecule has 2 N–H and O–H groups in total. The Hall–Kier alpha value is -3.15. The van der Waals surface area contributed by atoms with Crippen molar-refractivity contribution in [3.05, 3.63) is 35.9 Å². The first-order valence-corrected chi connectivity index (χ1v) is 8.13. The highest BCUT2D eigenvalue weighted by Gasteiger charge is 2.34. The molecule has 1 unspecified atom stereocenters. The molecule has 0 fully saturated rings. The molecular formula is C16H16F3N5O4. The van der Waals surface area contributed by atoms with Crippen LogP contribution in [0.25, 0.3) is 0 Å². The maximum atomic E-state index is 12.3. The van der Waals surface area contributed by atoms with Crippen LogP contribution in [-0.4, -0.2) is 55.6 Å². The quantitative estimate of drug-likeness (QED) is 0.782. The van der Waals surface area contributed by atoms with E-state index >= 15 is 0 Å². The Morgan fingerprint density at radius 2 is 1.96 bits per heavy atom. The first-order chi connectivity index (χ1) is 13.1. The number of nitrogens with one attached hydrogen (secondary N) is 1. The SMILES string of the molecule is Cc1nnc2n1CC(C(=O)O)N(CC(=O)Nc1ccc(OC(F)(F)F)cc1)C2. The van der Waals surface area contributed by atoms with Gasteiger partial charge in [0.15, 0.2) is 0 Å². The van der Waals surface area contributed by atoms with E-state index < -0.39 is 30.0 Å². The van der Waals surface area contributed by atoms with E-state index in [1.54, 1.807) is 11.5 Å². The second-order valence-corrected chi connectivity index (χ2v) is 6.15. The number of carboxylic acids is 1. The van der Waals surface area contributed by atoms with Crippen LogP contribution in [-0.2, 0) is 22.7 Å². The van der Waals surface area contributed by atoms with E-state index in [2.05, 4.69) is 20.3 Å². The number of hydrogen-bond acceptors (Lipinski definition) is 6. The van der Waals surface area contributed by atoms with Gasteiger partial charge in [0.25, 0.3) is 0 Å². The highest BCUT2D eigenvalue weighted by atomic mass is 19.4. The van der Waals surface area contributed by atoms with Crippen LogP contribution in [0.1, 0.15) is 11.6 Å². The molecule has 1 amide bonds. The monoisotopic (exact) mass is 399 g/mol. The minimum Gasteiger partial charge on any atom is -0.480 e. The predicted molar refractivity (Wildman–Crippen MR) is 88.3 cm³/mol. The first-order valence-electron chi connectivity index (χ1n) is 8.13. The normalized spacial score (nSPS) is 17.1. The van der Waals surface area contributed by atoms with Crippen molar-refractivity contribution < 1.29 is 32.6 Å². The van der Waals surface area contributed by atoms with Crippen LogP contribution < -0.4 is 10.1 Å². The third-order valence-electron chi connectivity index (χ3n) is 4.16. The Morgan fingerprint density at radius 3 is 2.57 bits per heavy atom. The Morgan fingerprint density at radius 1 is 1.29 bits per heavy atom. The van der Waals surface area contributed by atoms with Crippen LogP contribution in [0, 0.1) is 6.92 Å². The average Bonchev–Trinajstić information content (AvgIpc) is 2.95. The molecule has 0 saturated carbocycles. The number of anilines is 1. The number of benzene rings is 1. The van der Waals surface area contributed by atoms with E-state index in [9.17, 15) is 27.9 Å². The van der Waals surface area contributed by atoms with Crippen molar-refractivity contribution in [2.45, 2.75) is 32.4 Å². The number of aliphatic carboxylic acids is 1. The van der Waals surface area contributed by atoms with Gasteiger partial charge in [0.2, 0.25) is 5.91 Å². The fraction of sp³-hybridized carbons (Fsp3) is 0.375. The highest BCUT2D eigenvalue weighted by Crippen LogP contribution is 2.24. The maximum absolute atomic E-state index is 12.3. The summed E-state index contributed by atoms with van der Waals surface area (Å²) in [4.78, 5) is 25.3. The molecule has 9 nitrogen and oxygen atoms in total. The number of nitrogens with zero attached hydrogens (tertiary/aromatic N) is 4. The zero-order valence-corrected chi connectivity index (χ0v) is 14.6. The molecule has 2 aromatic rings. The minimum absolute atomic E-state index is 0.111. The summed E-state index contributed by atoms with van der Waals surface area (Å²) < 4.78 is 41.9. The molecule has 1 aromatic heterocycles. The van der Waals surface area contributed by atoms with Gasteiger partial charge in [0.05, 0.1) is 19.6 Å². The van der Waals surface area contributed by atoms with E-state index in [0.29, 0.717) is 11.6 Å². The standard InChI is InChI=1S/C16H16F3N5O4/c1-9-21-22-13-7-23(12(15(26)27)6-24(9)13)8-14(25)20-10-2-4-11(5-3-10)28-16(17,18)19/h2-5,12H,6-8H2,1H3,(H,20,25)(H,26,27). The molecule has 0 bridgehead atoms. The van der Waals surface area contributed by atoms with Gasteiger partial charge in [-0.2, -0.15) is 0 Å². The van der Waals surface area contributed by atoms with Gasteiger partial charge in [-0.25, -0.2) is 0 Å². The van der Waals surface area contributed by atoms with Crippen molar-refractivity contribution in [2.24, 2.45) is 0 Å². The zero-order valence-electron chi connectivity index (χ0n) is 14.6. The third kappa shape index (κ3) is 4.57. The number of halogens is 3. The zero-order chi connectivity index (χ0) is 20.5. The molecule has 0 aliphatic carbocycles. The van der Waals surface area contributed by atoms with Crippen molar-refractivity contribution in [2.75, 3.05) is 11.9 Å². The number of aromatic nitrogens is 3. The Kier molecular flexibility index (Phi) is 5.23. The lowest BCUT2D eigenvalue weighted by molar-refractivity contribution is -0.274. The molecular weight excluding hydrogens is 383 g/mol. The van der Waals surface area contributed by atoms with E-state index in [1.165, 1.54) is 17.0 Å². The molecule has 1 atom stereocenters. The van der Waals surface area contributed by atoms with Gasteiger partial charge in [0.1, 0.15) is 23.4 Å². The summed E-state index contributed by atoms with van der Waals surface area (Å²) in [6, 6.07) is 3.70. The summed E-state index contributed by atoms with van der Waals surface area (Å²) in [6.07, 6.45) is -4.80. The van der Waals surface area contributed by atoms with Gasteiger partial charge < -0.3 is 19.7 Å². The smallest absolute Gasteiger partial charge is 0.480 e. The second-order valence-electron chi connectivity index (χ2n) is 6.15. The van der Waals surface area contributed by atoms with Crippen LogP contribution in [0.4, 0.5) is 18.9 Å². The molecule has 150 valence electrons. The number of carbonyl (C=O) groups is 2. The van der Waals surface area contributed by atoms with E-state index in [1.807, 2.05) is 0 Å². The van der Waals surface area contributed by atoms with Crippen molar-refractivity contribution in [3.63, 3.8) is 0 Å². The van der Waals surface area contributed by atoms with Gasteiger partial charge in [-0.15, -0.1) is 23.4 Å². The fourth-order valence-electron chi connectivity index (χ4n) is 2.88. The Bertz CT molecular complexity index is 881. The van der Waals surface area contributed by atoms with Gasteiger partial charge in [-0.05, 0) is 31.2 Å². The van der Waals surface area contributed by atoms with Crippen molar-refractivity contribution in [1.29, 1.82) is 0 Å². The molecule has 0 saturated heterocycles. The molecule has 1 aromatic carbocycles. The number of carboxylic acid groups (broad SMARTS) is 1. The molecule has 2 heterocycles. The largest absolute Gasteiger partial charge is 0.573 e. The van der Waals surface area contributed by atoms with Gasteiger partial charge in [-0.1, -0.05) is 0 Å². The predicted octanol–water partition coefficient (Wildman–Crippen LogP) is 1.39. The molecule has 0 radical (unpaired) electrons. The van der Waals surface area contributed by atoms with Gasteiger partial charge in [0, 0.05) is 5.69 Å². The molecule has 1 aliphatic rings. The third-order valence-corrected chi connectivity index (χ3v) is 4.16. The number of fused-ring (bicyclic) bond motifs is 1. The lowest BCUT2D eigenvalue weighted by atomic mass is 10.2. The maximum Gasteiger partial charge on any atom is 0.573 e. The summed E-state index contributed by atoms with van der Waals surface area (Å²) >= 11 is 0. The van der Waals surface area contributed by atoms with Crippen LogP contribution >= 0.6 is 0 Å². The number of carbonyl (C=O) groups excluding carboxylic acids is 1. The van der Waals surface area contributed by atoms with Crippen LogP contribution in [0.5, 0.6) is 5.75 Å². The van der Waals surface area contributed by atoms with Gasteiger partial charge >= 0.3 is 12.3 Å². The molecule has 28 heavy (non-hydrogen) atoms. The number of alkyl halides is 3. The van der Waals surface area contributed by atoms with Crippen LogP contribution in [0.2, 0.25) is 0 Å². The summed E-state index contributed by atoms with van der Waals surface area (Å²) in [6.45, 7) is 1.72. The van der Waals surface area contributed by atoms with E-state index in [0.717, 1.165) is 12.1 Å². The lowest BCUT2D eigenvalue weighted by Gasteiger charge is -2.32. The highest BCUT2D eigenvalue weighted by molar-refractivity contribution is 5.92. The van der Waals surface area contributed by atoms with Gasteiger partial charge in [-0.3, -0.25) is 14.5 Å². The van der Waals surface area contributed by atoms with Crippen molar-refractivity contribution >= 4 is 17.6 Å². The summed E-state index contributed by atoms with van der Waals surface area (Å²) in [5, 5.41) is 19.8. The van der Waals surface area contributed by atoms with Crippen molar-refractivity contribution in [3.8, 4) is 5.75 Å². The van der Waals surface area contributed by atoms with E-state index in [-0.39, 0.29) is 25.3 Å². The Balaban J connectivity index is 1.64. The topological polar surface area (TPSA) is 110 Å². The van der Waals surface area contributed by atoms with E-state index in [4.69, 9.17) is 0 Å². The fourth-order valence-corrected chi connectivity index (χ4v) is 2.88. The Labute approximate surface area is 156 Å². The molecule has 3 rings (SSSR count). The average molecular weight is 399 g/mol. The molecule has 12 heteroatoms. The molecule has 0 spiro atoms. The number of rotatable bonds is 5. The van der Waals surface area contributed by atoms with Crippen LogP contribution in [0.15, 0.2) is 24.3 Å². The molecule has 1 aliphatic heterocycles. The number of amides is 1. The first kappa shape index (κ1) is 19.6. The lowest BCUT2D eigenvalue weighted by Crippen LogP contribution is -2.50. The number of aryl methyl sites for hydroxylation is 1. The summed E-state index contributed by atoms with van der Waals surface area (Å²) in [7, 11) is 0. The second kappa shape index (κ2) is 7.46. The minimum atomic E-state index is -4.80.